The highest BCUT2D eigenvalue weighted by Crippen LogP contribution is 2.26. The number of carbonyl (C=O) groups excluding carboxylic acids is 2. The second kappa shape index (κ2) is 8.42. The quantitative estimate of drug-likeness (QED) is 0.689. The maximum atomic E-state index is 13.3. The van der Waals surface area contributed by atoms with Crippen LogP contribution in [0.25, 0.3) is 11.2 Å². The Balaban J connectivity index is 1.69. The van der Waals surface area contributed by atoms with E-state index in [1.54, 1.807) is 18.5 Å². The van der Waals surface area contributed by atoms with Crippen LogP contribution in [0.15, 0.2) is 4.79 Å². The van der Waals surface area contributed by atoms with E-state index in [0.29, 0.717) is 24.0 Å². The fourth-order valence-corrected chi connectivity index (χ4v) is 4.14. The molecular formula is C22H29N7O4. The van der Waals surface area contributed by atoms with Crippen LogP contribution in [0.2, 0.25) is 0 Å². The van der Waals surface area contributed by atoms with Crippen molar-refractivity contribution in [1.82, 2.24) is 24.4 Å². The Morgan fingerprint density at radius 3 is 2.67 bits per heavy atom. The largest absolute Gasteiger partial charge is 0.444 e. The summed E-state index contributed by atoms with van der Waals surface area (Å²) in [6.45, 7) is 8.66. The summed E-state index contributed by atoms with van der Waals surface area (Å²) >= 11 is 0. The average molecular weight is 456 g/mol. The predicted molar refractivity (Wildman–Crippen MR) is 123 cm³/mol. The summed E-state index contributed by atoms with van der Waals surface area (Å²) in [4.78, 5) is 50.2. The van der Waals surface area contributed by atoms with E-state index in [2.05, 4.69) is 27.1 Å². The summed E-state index contributed by atoms with van der Waals surface area (Å²) in [5.41, 5.74) is -0.289. The van der Waals surface area contributed by atoms with Crippen LogP contribution in [0.1, 0.15) is 40.5 Å². The molecule has 4 rings (SSSR count). The van der Waals surface area contributed by atoms with Gasteiger partial charge >= 0.3 is 6.09 Å². The van der Waals surface area contributed by atoms with E-state index in [9.17, 15) is 14.4 Å². The number of carbonyl (C=O) groups is 2. The maximum absolute atomic E-state index is 13.3. The number of fused-ring (bicyclic) bond motifs is 2. The van der Waals surface area contributed by atoms with Crippen LogP contribution in [0.3, 0.4) is 0 Å². The van der Waals surface area contributed by atoms with Gasteiger partial charge in [0, 0.05) is 26.2 Å². The second-order valence-corrected chi connectivity index (χ2v) is 9.28. The lowest BCUT2D eigenvalue weighted by molar-refractivity contribution is -0.117. The summed E-state index contributed by atoms with van der Waals surface area (Å²) in [7, 11) is 1.59. The van der Waals surface area contributed by atoms with Gasteiger partial charge < -0.3 is 15.0 Å². The topological polar surface area (TPSA) is 115 Å². The molecule has 4 heterocycles. The van der Waals surface area contributed by atoms with Crippen LogP contribution in [0.5, 0.6) is 0 Å². The van der Waals surface area contributed by atoms with Crippen LogP contribution in [0, 0.1) is 11.8 Å². The molecule has 0 unspecified atom stereocenters. The molecule has 0 spiro atoms. The number of likely N-dealkylation sites (N-methyl/N-ethyl adjacent to an activating group) is 1. The molecule has 1 fully saturated rings. The third-order valence-corrected chi connectivity index (χ3v) is 5.63. The van der Waals surface area contributed by atoms with Crippen molar-refractivity contribution < 1.29 is 14.3 Å². The first-order chi connectivity index (χ1) is 15.6. The molecule has 176 valence electrons. The fraction of sp³-hybridized carbons (Fsp3) is 0.591. The molecule has 0 radical (unpaired) electrons. The van der Waals surface area contributed by atoms with Gasteiger partial charge in [-0.15, -0.1) is 5.92 Å². The Hall–Kier alpha value is -3.55. The van der Waals surface area contributed by atoms with Crippen LogP contribution in [0.4, 0.5) is 16.7 Å². The molecule has 0 bridgehead atoms. The average Bonchev–Trinajstić information content (AvgIpc) is 3.24. The molecule has 2 amide bonds. The number of aromatic nitrogens is 4. The van der Waals surface area contributed by atoms with Gasteiger partial charge in [-0.3, -0.25) is 23.6 Å². The molecule has 2 aliphatic rings. The predicted octanol–water partition coefficient (Wildman–Crippen LogP) is 1.09. The first-order valence-corrected chi connectivity index (χ1v) is 11.0. The Bertz CT molecular complexity index is 1230. The first-order valence-electron chi connectivity index (χ1n) is 11.0. The molecule has 0 saturated carbocycles. The Labute approximate surface area is 191 Å². The molecule has 0 aliphatic carbocycles. The van der Waals surface area contributed by atoms with Crippen LogP contribution >= 0.6 is 0 Å². The minimum absolute atomic E-state index is 0.0425. The van der Waals surface area contributed by atoms with E-state index in [1.165, 1.54) is 9.47 Å². The first kappa shape index (κ1) is 22.6. The standard InChI is InChI=1S/C22H29N7O4/c1-6-7-11-28-16-17(24-19-26(5)15(30)13-29(19)18(16)31)25-20(28)27-10-8-9-14(12-27)23-21(32)33-22(2,3)4/h14H,8-13H2,1-5H3,(H,23,32)/t14-/m1/s1. The molecular weight excluding hydrogens is 426 g/mol. The molecule has 1 saturated heterocycles. The van der Waals surface area contributed by atoms with Gasteiger partial charge in [0.05, 0.1) is 6.54 Å². The molecule has 33 heavy (non-hydrogen) atoms. The summed E-state index contributed by atoms with van der Waals surface area (Å²) < 4.78 is 8.52. The number of ether oxygens (including phenoxy) is 1. The second-order valence-electron chi connectivity index (χ2n) is 9.28. The molecule has 1 atom stereocenters. The van der Waals surface area contributed by atoms with Crippen molar-refractivity contribution >= 4 is 35.1 Å². The van der Waals surface area contributed by atoms with Crippen molar-refractivity contribution in [2.45, 2.75) is 65.3 Å². The number of nitrogens with one attached hydrogen (secondary N) is 1. The fourth-order valence-electron chi connectivity index (χ4n) is 4.14. The van der Waals surface area contributed by atoms with E-state index >= 15 is 0 Å². The van der Waals surface area contributed by atoms with Gasteiger partial charge in [-0.2, -0.15) is 9.97 Å². The van der Waals surface area contributed by atoms with Crippen LogP contribution < -0.4 is 20.7 Å². The number of nitrogens with zero attached hydrogens (tertiary/aromatic N) is 6. The van der Waals surface area contributed by atoms with Crippen molar-refractivity contribution in [3.63, 3.8) is 0 Å². The smallest absolute Gasteiger partial charge is 0.407 e. The van der Waals surface area contributed by atoms with E-state index < -0.39 is 11.7 Å². The molecule has 11 nitrogen and oxygen atoms in total. The number of hydrogen-bond acceptors (Lipinski definition) is 7. The van der Waals surface area contributed by atoms with Crippen molar-refractivity contribution in [1.29, 1.82) is 0 Å². The zero-order valence-electron chi connectivity index (χ0n) is 19.6. The van der Waals surface area contributed by atoms with Crippen molar-refractivity contribution in [3.8, 4) is 11.8 Å². The number of hydrogen-bond donors (Lipinski definition) is 1. The summed E-state index contributed by atoms with van der Waals surface area (Å²) in [5.74, 6) is 6.54. The lowest BCUT2D eigenvalue weighted by Crippen LogP contribution is -2.49. The van der Waals surface area contributed by atoms with E-state index in [0.717, 1.165) is 19.4 Å². The highest BCUT2D eigenvalue weighted by atomic mass is 16.6. The third-order valence-electron chi connectivity index (χ3n) is 5.63. The SMILES string of the molecule is CC#CCn1c(N2CCC[C@@H](NC(=O)OC(C)(C)C)C2)nc2nc3n(c(=O)c21)CC(=O)N3C. The molecule has 11 heteroatoms. The highest BCUT2D eigenvalue weighted by Gasteiger charge is 2.32. The highest BCUT2D eigenvalue weighted by molar-refractivity contribution is 5.95. The number of piperidine rings is 1. The van der Waals surface area contributed by atoms with Crippen molar-refractivity contribution in [2.75, 3.05) is 29.9 Å². The minimum atomic E-state index is -0.575. The maximum Gasteiger partial charge on any atom is 0.407 e. The number of imidazole rings is 1. The van der Waals surface area contributed by atoms with Gasteiger partial charge in [0.1, 0.15) is 12.1 Å². The molecule has 2 aliphatic heterocycles. The monoisotopic (exact) mass is 455 g/mol. The van der Waals surface area contributed by atoms with Gasteiger partial charge in [-0.1, -0.05) is 5.92 Å². The lowest BCUT2D eigenvalue weighted by atomic mass is 10.1. The third kappa shape index (κ3) is 4.37. The lowest BCUT2D eigenvalue weighted by Gasteiger charge is -2.34. The van der Waals surface area contributed by atoms with E-state index in [4.69, 9.17) is 4.74 Å². The normalized spacial score (nSPS) is 18.2. The van der Waals surface area contributed by atoms with E-state index in [-0.39, 0.29) is 36.2 Å². The number of rotatable bonds is 3. The van der Waals surface area contributed by atoms with Gasteiger partial charge in [0.25, 0.3) is 5.56 Å². The van der Waals surface area contributed by atoms with Gasteiger partial charge in [0.2, 0.25) is 17.8 Å². The van der Waals surface area contributed by atoms with Crippen LogP contribution in [-0.4, -0.2) is 62.9 Å². The summed E-state index contributed by atoms with van der Waals surface area (Å²) in [6, 6.07) is -0.123. The molecule has 0 aromatic carbocycles. The Morgan fingerprint density at radius 2 is 1.97 bits per heavy atom. The Morgan fingerprint density at radius 1 is 1.24 bits per heavy atom. The molecule has 2 aromatic rings. The van der Waals surface area contributed by atoms with Gasteiger partial charge in [-0.05, 0) is 40.5 Å². The number of amides is 2. The Kier molecular flexibility index (Phi) is 5.78. The zero-order valence-corrected chi connectivity index (χ0v) is 19.6. The summed E-state index contributed by atoms with van der Waals surface area (Å²) in [5, 5.41) is 2.94. The number of alkyl carbamates (subject to hydrolysis) is 1. The van der Waals surface area contributed by atoms with Crippen LogP contribution in [-0.2, 0) is 22.6 Å². The molecule has 1 N–H and O–H groups in total. The van der Waals surface area contributed by atoms with Gasteiger partial charge in [-0.25, -0.2) is 4.79 Å². The van der Waals surface area contributed by atoms with E-state index in [1.807, 2.05) is 25.7 Å². The molecule has 2 aromatic heterocycles. The minimum Gasteiger partial charge on any atom is -0.444 e. The van der Waals surface area contributed by atoms with Crippen molar-refractivity contribution in [2.24, 2.45) is 0 Å². The van der Waals surface area contributed by atoms with Gasteiger partial charge in [0.15, 0.2) is 11.2 Å². The van der Waals surface area contributed by atoms with Crippen molar-refractivity contribution in [3.05, 3.63) is 10.4 Å². The zero-order chi connectivity index (χ0) is 23.9. The number of anilines is 2. The summed E-state index contributed by atoms with van der Waals surface area (Å²) in [6.07, 6.45) is 1.19.